The fourth-order valence-corrected chi connectivity index (χ4v) is 1.59. The third-order valence-corrected chi connectivity index (χ3v) is 2.71. The highest BCUT2D eigenvalue weighted by Crippen LogP contribution is 2.30. The number of nitrogens with two attached hydrogens (primary N) is 1. The van der Waals surface area contributed by atoms with Crippen molar-refractivity contribution in [2.75, 3.05) is 7.11 Å². The molecule has 0 heterocycles. The molecule has 1 atom stereocenters. The molecule has 0 amide bonds. The van der Waals surface area contributed by atoms with Crippen LogP contribution in [0.5, 0.6) is 5.75 Å². The summed E-state index contributed by atoms with van der Waals surface area (Å²) in [4.78, 5) is 0. The smallest absolute Gasteiger partial charge is 0.256 e. The summed E-state index contributed by atoms with van der Waals surface area (Å²) in [6.45, 7) is 1.29. The molecule has 0 spiro atoms. The summed E-state index contributed by atoms with van der Waals surface area (Å²) >= 11 is 5.94. The molecular formula is C11H14ClF2NO. The van der Waals surface area contributed by atoms with Gasteiger partial charge in [-0.1, -0.05) is 17.7 Å². The van der Waals surface area contributed by atoms with Crippen LogP contribution in [0.25, 0.3) is 0 Å². The van der Waals surface area contributed by atoms with E-state index < -0.39 is 12.0 Å². The van der Waals surface area contributed by atoms with Gasteiger partial charge in [0.2, 0.25) is 0 Å². The van der Waals surface area contributed by atoms with Crippen molar-refractivity contribution >= 4 is 11.6 Å². The highest BCUT2D eigenvalue weighted by Gasteiger charge is 2.32. The van der Waals surface area contributed by atoms with E-state index in [0.717, 1.165) is 0 Å². The molecule has 1 rings (SSSR count). The summed E-state index contributed by atoms with van der Waals surface area (Å²) in [5, 5.41) is 0.386. The second-order valence-electron chi connectivity index (χ2n) is 3.90. The monoisotopic (exact) mass is 249 g/mol. The Labute approximate surface area is 98.3 Å². The molecule has 2 N–H and O–H groups in total. The first-order valence-electron chi connectivity index (χ1n) is 4.77. The molecule has 0 radical (unpaired) electrons. The van der Waals surface area contributed by atoms with Crippen LogP contribution in [0, 0.1) is 0 Å². The zero-order valence-corrected chi connectivity index (χ0v) is 9.89. The van der Waals surface area contributed by atoms with Crippen molar-refractivity contribution in [1.82, 2.24) is 0 Å². The highest BCUT2D eigenvalue weighted by atomic mass is 35.5. The minimum absolute atomic E-state index is 0.0342. The van der Waals surface area contributed by atoms with Gasteiger partial charge in [-0.15, -0.1) is 0 Å². The SMILES string of the molecule is COc1cccc(Cl)c1CC(C)(N)C(F)F. The molecule has 1 aromatic rings. The summed E-state index contributed by atoms with van der Waals surface area (Å²) in [5.41, 5.74) is 4.42. The molecule has 1 aromatic carbocycles. The van der Waals surface area contributed by atoms with Crippen LogP contribution in [0.1, 0.15) is 12.5 Å². The van der Waals surface area contributed by atoms with Gasteiger partial charge in [0.05, 0.1) is 12.6 Å². The Bertz CT molecular complexity index is 369. The van der Waals surface area contributed by atoms with Gasteiger partial charge in [0.1, 0.15) is 5.75 Å². The first-order chi connectivity index (χ1) is 7.38. The zero-order chi connectivity index (χ0) is 12.3. The maximum atomic E-state index is 12.7. The second kappa shape index (κ2) is 4.97. The number of rotatable bonds is 4. The molecule has 0 bridgehead atoms. The number of benzene rings is 1. The van der Waals surface area contributed by atoms with Crippen LogP contribution in [0.3, 0.4) is 0 Å². The molecule has 0 aromatic heterocycles. The predicted molar refractivity (Wildman–Crippen MR) is 60.3 cm³/mol. The fourth-order valence-electron chi connectivity index (χ4n) is 1.36. The largest absolute Gasteiger partial charge is 0.496 e. The van der Waals surface area contributed by atoms with E-state index in [-0.39, 0.29) is 6.42 Å². The van der Waals surface area contributed by atoms with Crippen molar-refractivity contribution in [3.05, 3.63) is 28.8 Å². The number of halogens is 3. The Morgan fingerprint density at radius 1 is 1.50 bits per heavy atom. The fraction of sp³-hybridized carbons (Fsp3) is 0.455. The molecule has 0 aliphatic heterocycles. The van der Waals surface area contributed by atoms with Crippen molar-refractivity contribution in [3.63, 3.8) is 0 Å². The lowest BCUT2D eigenvalue weighted by Crippen LogP contribution is -2.46. The number of ether oxygens (including phenoxy) is 1. The van der Waals surface area contributed by atoms with Crippen molar-refractivity contribution < 1.29 is 13.5 Å². The zero-order valence-electron chi connectivity index (χ0n) is 9.14. The Balaban J connectivity index is 3.05. The quantitative estimate of drug-likeness (QED) is 0.891. The molecular weight excluding hydrogens is 236 g/mol. The van der Waals surface area contributed by atoms with Crippen LogP contribution in [-0.2, 0) is 6.42 Å². The summed E-state index contributed by atoms with van der Waals surface area (Å²) < 4.78 is 30.4. The molecule has 90 valence electrons. The lowest BCUT2D eigenvalue weighted by molar-refractivity contribution is 0.0636. The lowest BCUT2D eigenvalue weighted by Gasteiger charge is -2.25. The van der Waals surface area contributed by atoms with E-state index in [1.807, 2.05) is 0 Å². The molecule has 2 nitrogen and oxygen atoms in total. The van der Waals surface area contributed by atoms with Gasteiger partial charge in [0, 0.05) is 17.0 Å². The van der Waals surface area contributed by atoms with E-state index in [2.05, 4.69) is 0 Å². The summed E-state index contributed by atoms with van der Waals surface area (Å²) in [7, 11) is 1.46. The molecule has 0 aliphatic rings. The van der Waals surface area contributed by atoms with Gasteiger partial charge in [-0.2, -0.15) is 0 Å². The van der Waals surface area contributed by atoms with E-state index in [1.165, 1.54) is 14.0 Å². The van der Waals surface area contributed by atoms with Crippen molar-refractivity contribution in [1.29, 1.82) is 0 Å². The average molecular weight is 250 g/mol. The van der Waals surface area contributed by atoms with E-state index in [4.69, 9.17) is 22.1 Å². The molecule has 0 saturated heterocycles. The third kappa shape index (κ3) is 2.83. The summed E-state index contributed by atoms with van der Waals surface area (Å²) in [6.07, 6.45) is -2.65. The standard InChI is InChI=1S/C11H14ClF2NO/c1-11(15,10(13)14)6-7-8(12)4-3-5-9(7)16-2/h3-5,10H,6,15H2,1-2H3. The van der Waals surface area contributed by atoms with Gasteiger partial charge < -0.3 is 10.5 Å². The second-order valence-corrected chi connectivity index (χ2v) is 4.31. The highest BCUT2D eigenvalue weighted by molar-refractivity contribution is 6.31. The molecule has 0 fully saturated rings. The normalized spacial score (nSPS) is 14.9. The minimum atomic E-state index is -2.62. The lowest BCUT2D eigenvalue weighted by atomic mass is 9.94. The van der Waals surface area contributed by atoms with Gasteiger partial charge in [-0.25, -0.2) is 8.78 Å². The number of hydrogen-bond acceptors (Lipinski definition) is 2. The summed E-state index contributed by atoms with van der Waals surface area (Å²) in [5.74, 6) is 0.477. The molecule has 0 saturated carbocycles. The van der Waals surface area contributed by atoms with Crippen molar-refractivity contribution in [3.8, 4) is 5.75 Å². The summed E-state index contributed by atoms with van der Waals surface area (Å²) in [6, 6.07) is 4.99. The average Bonchev–Trinajstić information content (AvgIpc) is 2.20. The van der Waals surface area contributed by atoms with Crippen LogP contribution in [0.2, 0.25) is 5.02 Å². The van der Waals surface area contributed by atoms with Crippen LogP contribution in [-0.4, -0.2) is 19.1 Å². The predicted octanol–water partition coefficient (Wildman–Crippen LogP) is 2.87. The molecule has 0 aliphatic carbocycles. The van der Waals surface area contributed by atoms with Gasteiger partial charge in [-0.3, -0.25) is 0 Å². The van der Waals surface area contributed by atoms with E-state index in [9.17, 15) is 8.78 Å². The minimum Gasteiger partial charge on any atom is -0.496 e. The van der Waals surface area contributed by atoms with Gasteiger partial charge in [-0.05, 0) is 19.1 Å². The van der Waals surface area contributed by atoms with E-state index in [0.29, 0.717) is 16.3 Å². The topological polar surface area (TPSA) is 35.2 Å². The van der Waals surface area contributed by atoms with E-state index >= 15 is 0 Å². The Morgan fingerprint density at radius 2 is 2.12 bits per heavy atom. The van der Waals surface area contributed by atoms with Crippen molar-refractivity contribution in [2.24, 2.45) is 5.73 Å². The molecule has 16 heavy (non-hydrogen) atoms. The maximum Gasteiger partial charge on any atom is 0.256 e. The molecule has 5 heteroatoms. The van der Waals surface area contributed by atoms with Crippen LogP contribution in [0.15, 0.2) is 18.2 Å². The van der Waals surface area contributed by atoms with Crippen LogP contribution >= 0.6 is 11.6 Å². The Kier molecular flexibility index (Phi) is 4.10. The van der Waals surface area contributed by atoms with Crippen LogP contribution < -0.4 is 10.5 Å². The van der Waals surface area contributed by atoms with Crippen molar-refractivity contribution in [2.45, 2.75) is 25.3 Å². The third-order valence-electron chi connectivity index (χ3n) is 2.35. The van der Waals surface area contributed by atoms with E-state index in [1.54, 1.807) is 18.2 Å². The van der Waals surface area contributed by atoms with Gasteiger partial charge >= 0.3 is 0 Å². The maximum absolute atomic E-state index is 12.7. The Morgan fingerprint density at radius 3 is 2.62 bits per heavy atom. The number of methoxy groups -OCH3 is 1. The number of alkyl halides is 2. The van der Waals surface area contributed by atoms with Crippen LogP contribution in [0.4, 0.5) is 8.78 Å². The number of hydrogen-bond donors (Lipinski definition) is 1. The first kappa shape index (κ1) is 13.2. The van der Waals surface area contributed by atoms with Gasteiger partial charge in [0.15, 0.2) is 0 Å². The molecule has 1 unspecified atom stereocenters. The Hall–Kier alpha value is -0.870. The van der Waals surface area contributed by atoms with Gasteiger partial charge in [0.25, 0.3) is 6.43 Å². The first-order valence-corrected chi connectivity index (χ1v) is 5.14.